The van der Waals surface area contributed by atoms with Gasteiger partial charge in [0.25, 0.3) is 0 Å². The molecule has 0 radical (unpaired) electrons. The van der Waals surface area contributed by atoms with E-state index < -0.39 is 5.97 Å². The second-order valence-corrected chi connectivity index (χ2v) is 4.14. The van der Waals surface area contributed by atoms with Gasteiger partial charge in [0.15, 0.2) is 0 Å². The number of benzene rings is 1. The standard InChI is InChI=1S/C12H12Cl2O2/c1-2-4-8(7-11(15)16)9-5-3-6-10(13)12(9)14/h3,5-7H,2,4H2,1H3,(H,15,16)/b8-7+. The molecule has 4 heteroatoms. The van der Waals surface area contributed by atoms with Gasteiger partial charge in [-0.1, -0.05) is 48.7 Å². The normalized spacial score (nSPS) is 11.6. The molecule has 0 amide bonds. The fourth-order valence-corrected chi connectivity index (χ4v) is 1.88. The van der Waals surface area contributed by atoms with Crippen LogP contribution in [0.2, 0.25) is 10.0 Å². The molecule has 0 heterocycles. The summed E-state index contributed by atoms with van der Waals surface area (Å²) in [5.74, 6) is -0.973. The summed E-state index contributed by atoms with van der Waals surface area (Å²) < 4.78 is 0. The Hall–Kier alpha value is -0.990. The number of allylic oxidation sites excluding steroid dienone is 1. The van der Waals surface area contributed by atoms with Crippen LogP contribution >= 0.6 is 23.2 Å². The van der Waals surface area contributed by atoms with Crippen LogP contribution in [0.1, 0.15) is 25.3 Å². The molecule has 86 valence electrons. The summed E-state index contributed by atoms with van der Waals surface area (Å²) >= 11 is 11.9. The molecule has 1 aromatic rings. The van der Waals surface area contributed by atoms with E-state index in [4.69, 9.17) is 28.3 Å². The molecule has 1 rings (SSSR count). The number of carboxylic acids is 1. The average Bonchev–Trinajstić information content (AvgIpc) is 2.21. The number of hydrogen-bond donors (Lipinski definition) is 1. The highest BCUT2D eigenvalue weighted by molar-refractivity contribution is 6.43. The summed E-state index contributed by atoms with van der Waals surface area (Å²) in [6.07, 6.45) is 2.69. The molecule has 16 heavy (non-hydrogen) atoms. The van der Waals surface area contributed by atoms with Crippen molar-refractivity contribution in [3.8, 4) is 0 Å². The van der Waals surface area contributed by atoms with Crippen molar-refractivity contribution in [2.45, 2.75) is 19.8 Å². The molecule has 0 aliphatic rings. The van der Waals surface area contributed by atoms with Gasteiger partial charge in [-0.3, -0.25) is 0 Å². The fourth-order valence-electron chi connectivity index (χ4n) is 1.45. The SMILES string of the molecule is CCC/C(=C\C(=O)O)c1cccc(Cl)c1Cl. The van der Waals surface area contributed by atoms with Crippen LogP contribution in [0.4, 0.5) is 0 Å². The van der Waals surface area contributed by atoms with Crippen LogP contribution in [-0.4, -0.2) is 11.1 Å². The van der Waals surface area contributed by atoms with E-state index >= 15 is 0 Å². The number of aliphatic carboxylic acids is 1. The zero-order chi connectivity index (χ0) is 12.1. The van der Waals surface area contributed by atoms with Crippen molar-refractivity contribution >= 4 is 34.7 Å². The molecule has 1 aromatic carbocycles. The van der Waals surface area contributed by atoms with Gasteiger partial charge in [0.1, 0.15) is 0 Å². The monoisotopic (exact) mass is 258 g/mol. The lowest BCUT2D eigenvalue weighted by molar-refractivity contribution is -0.131. The van der Waals surface area contributed by atoms with E-state index in [0.717, 1.165) is 6.42 Å². The average molecular weight is 259 g/mol. The lowest BCUT2D eigenvalue weighted by Gasteiger charge is -2.08. The van der Waals surface area contributed by atoms with Gasteiger partial charge in [-0.05, 0) is 23.6 Å². The van der Waals surface area contributed by atoms with Gasteiger partial charge in [0.05, 0.1) is 10.0 Å². The van der Waals surface area contributed by atoms with E-state index in [9.17, 15) is 4.79 Å². The van der Waals surface area contributed by atoms with Crippen molar-refractivity contribution in [3.05, 3.63) is 39.9 Å². The van der Waals surface area contributed by atoms with Gasteiger partial charge in [-0.15, -0.1) is 0 Å². The number of hydrogen-bond acceptors (Lipinski definition) is 1. The molecule has 2 nitrogen and oxygen atoms in total. The van der Waals surface area contributed by atoms with Crippen LogP contribution in [0.5, 0.6) is 0 Å². The topological polar surface area (TPSA) is 37.3 Å². The first-order valence-corrected chi connectivity index (χ1v) is 5.69. The Balaban J connectivity index is 3.21. The zero-order valence-electron chi connectivity index (χ0n) is 8.84. The first-order valence-electron chi connectivity index (χ1n) is 4.94. The maximum atomic E-state index is 10.7. The van der Waals surface area contributed by atoms with Crippen LogP contribution in [0, 0.1) is 0 Å². The number of carbonyl (C=O) groups is 1. The summed E-state index contributed by atoms with van der Waals surface area (Å²) in [6.45, 7) is 1.98. The molecule has 0 saturated carbocycles. The van der Waals surface area contributed by atoms with E-state index in [1.54, 1.807) is 18.2 Å². The maximum absolute atomic E-state index is 10.7. The molecule has 0 fully saturated rings. The van der Waals surface area contributed by atoms with Crippen LogP contribution in [-0.2, 0) is 4.79 Å². The molecule has 0 saturated heterocycles. The van der Waals surface area contributed by atoms with E-state index in [1.807, 2.05) is 6.92 Å². The summed E-state index contributed by atoms with van der Waals surface area (Å²) in [5, 5.41) is 9.62. The van der Waals surface area contributed by atoms with Gasteiger partial charge in [-0.25, -0.2) is 4.79 Å². The van der Waals surface area contributed by atoms with Crippen molar-refractivity contribution < 1.29 is 9.90 Å². The quantitative estimate of drug-likeness (QED) is 0.820. The van der Waals surface area contributed by atoms with Gasteiger partial charge in [0.2, 0.25) is 0 Å². The van der Waals surface area contributed by atoms with E-state index in [0.29, 0.717) is 27.6 Å². The maximum Gasteiger partial charge on any atom is 0.328 e. The summed E-state index contributed by atoms with van der Waals surface area (Å²) in [7, 11) is 0. The molecule has 0 spiro atoms. The Morgan fingerprint density at radius 1 is 1.44 bits per heavy atom. The molecule has 0 aliphatic carbocycles. The minimum atomic E-state index is -0.973. The molecule has 0 bridgehead atoms. The predicted molar refractivity (Wildman–Crippen MR) is 67.0 cm³/mol. The van der Waals surface area contributed by atoms with Crippen molar-refractivity contribution in [1.82, 2.24) is 0 Å². The molecule has 1 N–H and O–H groups in total. The first kappa shape index (κ1) is 13.1. The first-order chi connectivity index (χ1) is 7.56. The second kappa shape index (κ2) is 5.92. The van der Waals surface area contributed by atoms with Crippen molar-refractivity contribution in [2.75, 3.05) is 0 Å². The lowest BCUT2D eigenvalue weighted by Crippen LogP contribution is -1.94. The van der Waals surface area contributed by atoms with Gasteiger partial charge >= 0.3 is 5.97 Å². The minimum Gasteiger partial charge on any atom is -0.478 e. The lowest BCUT2D eigenvalue weighted by atomic mass is 10.0. The number of rotatable bonds is 4. The van der Waals surface area contributed by atoms with Crippen molar-refractivity contribution in [1.29, 1.82) is 0 Å². The van der Waals surface area contributed by atoms with Crippen LogP contribution in [0.3, 0.4) is 0 Å². The predicted octanol–water partition coefficient (Wildman–Crippen LogP) is 4.26. The van der Waals surface area contributed by atoms with Gasteiger partial charge in [0, 0.05) is 6.08 Å². The molecule has 0 aromatic heterocycles. The molecule has 0 atom stereocenters. The Bertz CT molecular complexity index is 425. The molecular weight excluding hydrogens is 247 g/mol. The van der Waals surface area contributed by atoms with E-state index in [2.05, 4.69) is 0 Å². The van der Waals surface area contributed by atoms with Gasteiger partial charge in [-0.2, -0.15) is 0 Å². The van der Waals surface area contributed by atoms with Crippen LogP contribution < -0.4 is 0 Å². The largest absolute Gasteiger partial charge is 0.478 e. The summed E-state index contributed by atoms with van der Waals surface area (Å²) in [6, 6.07) is 5.21. The summed E-state index contributed by atoms with van der Waals surface area (Å²) in [4.78, 5) is 10.7. The summed E-state index contributed by atoms with van der Waals surface area (Å²) in [5.41, 5.74) is 1.39. The zero-order valence-corrected chi connectivity index (χ0v) is 10.3. The van der Waals surface area contributed by atoms with Crippen molar-refractivity contribution in [2.24, 2.45) is 0 Å². The van der Waals surface area contributed by atoms with Crippen LogP contribution in [0.15, 0.2) is 24.3 Å². The Labute approximate surface area is 104 Å². The molecule has 0 aliphatic heterocycles. The third-order valence-electron chi connectivity index (χ3n) is 2.11. The Morgan fingerprint density at radius 3 is 2.69 bits per heavy atom. The number of carboxylic acid groups (broad SMARTS) is 1. The van der Waals surface area contributed by atoms with Gasteiger partial charge < -0.3 is 5.11 Å². The Kier molecular flexibility index (Phi) is 4.84. The smallest absolute Gasteiger partial charge is 0.328 e. The highest BCUT2D eigenvalue weighted by atomic mass is 35.5. The molecule has 0 unspecified atom stereocenters. The minimum absolute atomic E-state index is 0.408. The van der Waals surface area contributed by atoms with Crippen LogP contribution in [0.25, 0.3) is 5.57 Å². The number of halogens is 2. The third-order valence-corrected chi connectivity index (χ3v) is 2.93. The van der Waals surface area contributed by atoms with E-state index in [1.165, 1.54) is 6.08 Å². The van der Waals surface area contributed by atoms with Crippen molar-refractivity contribution in [3.63, 3.8) is 0 Å². The molecular formula is C12H12Cl2O2. The Morgan fingerprint density at radius 2 is 2.12 bits per heavy atom. The highest BCUT2D eigenvalue weighted by Crippen LogP contribution is 2.32. The van der Waals surface area contributed by atoms with E-state index in [-0.39, 0.29) is 0 Å². The third kappa shape index (κ3) is 3.26. The fraction of sp³-hybridized carbons (Fsp3) is 0.250. The second-order valence-electron chi connectivity index (χ2n) is 3.36. The highest BCUT2D eigenvalue weighted by Gasteiger charge is 2.09.